The van der Waals surface area contributed by atoms with E-state index in [1.54, 1.807) is 12.1 Å². The van der Waals surface area contributed by atoms with Crippen molar-refractivity contribution in [2.45, 2.75) is 0 Å². The molecule has 2 aliphatic heterocycles. The largest absolute Gasteiger partial charge is 0.506 e. The molecule has 0 radical (unpaired) electrons. The maximum atomic E-state index is 13.3. The molecule has 7 heteroatoms. The van der Waals surface area contributed by atoms with Crippen LogP contribution in [0.15, 0.2) is 48.5 Å². The number of amides is 2. The van der Waals surface area contributed by atoms with Crippen molar-refractivity contribution in [2.75, 3.05) is 36.1 Å². The number of carbonyl (C=O) groups excluding carboxylic acids is 2. The molecule has 29 heavy (non-hydrogen) atoms. The quantitative estimate of drug-likeness (QED) is 0.652. The summed E-state index contributed by atoms with van der Waals surface area (Å²) >= 11 is 6.04. The van der Waals surface area contributed by atoms with Gasteiger partial charge in [-0.15, -0.1) is 0 Å². The Bertz CT molecular complexity index is 1150. The molecule has 146 valence electrons. The average Bonchev–Trinajstić information content (AvgIpc) is 2.74. The highest BCUT2D eigenvalue weighted by Crippen LogP contribution is 2.40. The molecular formula is C22H17ClN2O4. The van der Waals surface area contributed by atoms with E-state index in [0.29, 0.717) is 34.7 Å². The minimum atomic E-state index is -0.482. The number of morpholine rings is 1. The second-order valence-electron chi connectivity index (χ2n) is 7.04. The van der Waals surface area contributed by atoms with Crippen molar-refractivity contribution >= 4 is 45.6 Å². The Kier molecular flexibility index (Phi) is 4.19. The fourth-order valence-electron chi connectivity index (χ4n) is 4.06. The highest BCUT2D eigenvalue weighted by molar-refractivity contribution is 6.37. The Morgan fingerprint density at radius 2 is 1.62 bits per heavy atom. The van der Waals surface area contributed by atoms with Crippen LogP contribution in [0, 0.1) is 0 Å². The van der Waals surface area contributed by atoms with E-state index in [1.165, 1.54) is 18.2 Å². The van der Waals surface area contributed by atoms with Gasteiger partial charge in [-0.3, -0.25) is 9.59 Å². The van der Waals surface area contributed by atoms with Crippen LogP contribution in [0.1, 0.15) is 20.7 Å². The zero-order chi connectivity index (χ0) is 20.1. The summed E-state index contributed by atoms with van der Waals surface area (Å²) < 4.78 is 5.44. The fourth-order valence-corrected chi connectivity index (χ4v) is 4.22. The zero-order valence-corrected chi connectivity index (χ0v) is 16.1. The van der Waals surface area contributed by atoms with E-state index in [0.717, 1.165) is 29.1 Å². The summed E-state index contributed by atoms with van der Waals surface area (Å²) in [5.74, 6) is -1.15. The van der Waals surface area contributed by atoms with Gasteiger partial charge in [-0.1, -0.05) is 23.7 Å². The summed E-state index contributed by atoms with van der Waals surface area (Å²) in [5, 5.41) is 12.1. The molecular weight excluding hydrogens is 392 g/mol. The molecule has 0 saturated carbocycles. The fraction of sp³-hybridized carbons (Fsp3) is 0.182. The van der Waals surface area contributed by atoms with Crippen molar-refractivity contribution in [3.05, 3.63) is 64.7 Å². The van der Waals surface area contributed by atoms with E-state index in [9.17, 15) is 14.7 Å². The molecule has 2 aliphatic rings. The van der Waals surface area contributed by atoms with Crippen molar-refractivity contribution in [2.24, 2.45) is 0 Å². The third-order valence-electron chi connectivity index (χ3n) is 5.41. The number of benzene rings is 3. The molecule has 2 amide bonds. The molecule has 6 nitrogen and oxygen atoms in total. The molecule has 1 fully saturated rings. The van der Waals surface area contributed by atoms with E-state index >= 15 is 0 Å². The van der Waals surface area contributed by atoms with Crippen LogP contribution in [0.25, 0.3) is 10.8 Å². The molecule has 0 unspecified atom stereocenters. The van der Waals surface area contributed by atoms with Crippen LogP contribution in [0.4, 0.5) is 11.4 Å². The second kappa shape index (κ2) is 6.76. The predicted octanol–water partition coefficient (Wildman–Crippen LogP) is 3.84. The van der Waals surface area contributed by atoms with Gasteiger partial charge in [-0.25, -0.2) is 4.90 Å². The molecule has 0 spiro atoms. The van der Waals surface area contributed by atoms with Crippen molar-refractivity contribution in [1.29, 1.82) is 0 Å². The van der Waals surface area contributed by atoms with Gasteiger partial charge in [-0.05, 0) is 36.4 Å². The number of phenols is 1. The van der Waals surface area contributed by atoms with Crippen LogP contribution >= 0.6 is 11.6 Å². The van der Waals surface area contributed by atoms with Crippen molar-refractivity contribution in [3.8, 4) is 5.75 Å². The third-order valence-corrected chi connectivity index (χ3v) is 5.65. The lowest BCUT2D eigenvalue weighted by molar-refractivity contribution is 0.0892. The summed E-state index contributed by atoms with van der Waals surface area (Å²) in [6, 6.07) is 13.4. The first-order valence-corrected chi connectivity index (χ1v) is 9.70. The molecule has 0 aliphatic carbocycles. The van der Waals surface area contributed by atoms with E-state index < -0.39 is 11.8 Å². The molecule has 0 bridgehead atoms. The number of carbonyl (C=O) groups is 2. The molecule has 0 atom stereocenters. The number of ether oxygens (including phenoxy) is 1. The monoisotopic (exact) mass is 408 g/mol. The van der Waals surface area contributed by atoms with Gasteiger partial charge in [0, 0.05) is 45.7 Å². The number of aromatic hydroxyl groups is 1. The lowest BCUT2D eigenvalue weighted by Crippen LogP contribution is -2.41. The van der Waals surface area contributed by atoms with Crippen LogP contribution in [0.3, 0.4) is 0 Å². The van der Waals surface area contributed by atoms with Gasteiger partial charge in [0.15, 0.2) is 0 Å². The SMILES string of the molecule is O=C1c2cccc3c(N4CCOCC4)ccc(c23)C(=O)N1c1cc(Cl)ccc1O. The molecule has 3 aromatic carbocycles. The van der Waals surface area contributed by atoms with E-state index in [1.807, 2.05) is 18.2 Å². The molecule has 3 aromatic rings. The Balaban J connectivity index is 1.70. The first-order chi connectivity index (χ1) is 14.1. The molecule has 0 aromatic heterocycles. The standard InChI is InChI=1S/C22H17ClN2O4/c23-13-4-7-19(26)18(12-13)25-21(27)15-3-1-2-14-17(24-8-10-29-11-9-24)6-5-16(20(14)15)22(25)28/h1-7,12,26H,8-11H2. The number of phenolic OH excluding ortho intramolecular Hbond substituents is 1. The number of nitrogens with zero attached hydrogens (tertiary/aromatic N) is 2. The summed E-state index contributed by atoms with van der Waals surface area (Å²) in [5.41, 5.74) is 1.90. The summed E-state index contributed by atoms with van der Waals surface area (Å²) in [6.45, 7) is 2.79. The average molecular weight is 409 g/mol. The zero-order valence-electron chi connectivity index (χ0n) is 15.4. The van der Waals surface area contributed by atoms with Crippen LogP contribution < -0.4 is 9.80 Å². The Hall–Kier alpha value is -3.09. The number of hydrogen-bond donors (Lipinski definition) is 1. The van der Waals surface area contributed by atoms with Crippen LogP contribution in [0.2, 0.25) is 5.02 Å². The van der Waals surface area contributed by atoms with Crippen molar-refractivity contribution in [3.63, 3.8) is 0 Å². The Morgan fingerprint density at radius 3 is 2.38 bits per heavy atom. The Labute approximate surface area is 171 Å². The van der Waals surface area contributed by atoms with Gasteiger partial charge in [0.2, 0.25) is 0 Å². The van der Waals surface area contributed by atoms with Crippen LogP contribution in [-0.2, 0) is 4.74 Å². The summed E-state index contributed by atoms with van der Waals surface area (Å²) in [4.78, 5) is 29.8. The molecule has 5 rings (SSSR count). The van der Waals surface area contributed by atoms with E-state index in [4.69, 9.17) is 16.3 Å². The highest BCUT2D eigenvalue weighted by Gasteiger charge is 2.36. The van der Waals surface area contributed by atoms with E-state index in [2.05, 4.69) is 4.90 Å². The first-order valence-electron chi connectivity index (χ1n) is 9.32. The first kappa shape index (κ1) is 18.0. The maximum absolute atomic E-state index is 13.3. The summed E-state index contributed by atoms with van der Waals surface area (Å²) in [6.07, 6.45) is 0. The van der Waals surface area contributed by atoms with E-state index in [-0.39, 0.29) is 11.4 Å². The predicted molar refractivity (Wildman–Crippen MR) is 111 cm³/mol. The number of halogens is 1. The van der Waals surface area contributed by atoms with Gasteiger partial charge in [0.05, 0.1) is 18.9 Å². The van der Waals surface area contributed by atoms with Gasteiger partial charge < -0.3 is 14.7 Å². The van der Waals surface area contributed by atoms with Gasteiger partial charge >= 0.3 is 0 Å². The summed E-state index contributed by atoms with van der Waals surface area (Å²) in [7, 11) is 0. The Morgan fingerprint density at radius 1 is 0.897 bits per heavy atom. The minimum Gasteiger partial charge on any atom is -0.506 e. The van der Waals surface area contributed by atoms with Crippen LogP contribution in [-0.4, -0.2) is 43.2 Å². The van der Waals surface area contributed by atoms with Gasteiger partial charge in [-0.2, -0.15) is 0 Å². The molecule has 1 N–H and O–H groups in total. The topological polar surface area (TPSA) is 70.1 Å². The van der Waals surface area contributed by atoms with Crippen molar-refractivity contribution in [1.82, 2.24) is 0 Å². The second-order valence-corrected chi connectivity index (χ2v) is 7.47. The normalized spacial score (nSPS) is 16.6. The van der Waals surface area contributed by atoms with Gasteiger partial charge in [0.25, 0.3) is 11.8 Å². The van der Waals surface area contributed by atoms with Crippen LogP contribution in [0.5, 0.6) is 5.75 Å². The lowest BCUT2D eigenvalue weighted by Gasteiger charge is -2.32. The third kappa shape index (κ3) is 2.75. The smallest absolute Gasteiger partial charge is 0.266 e. The highest BCUT2D eigenvalue weighted by atomic mass is 35.5. The maximum Gasteiger partial charge on any atom is 0.266 e. The molecule has 2 heterocycles. The number of hydrogen-bond acceptors (Lipinski definition) is 5. The number of anilines is 2. The van der Waals surface area contributed by atoms with Gasteiger partial charge in [0.1, 0.15) is 5.75 Å². The van der Waals surface area contributed by atoms with Crippen molar-refractivity contribution < 1.29 is 19.4 Å². The minimum absolute atomic E-state index is 0.0763. The number of imide groups is 1. The molecule has 1 saturated heterocycles. The number of rotatable bonds is 2. The lowest BCUT2D eigenvalue weighted by atomic mass is 9.92.